The summed E-state index contributed by atoms with van der Waals surface area (Å²) in [7, 11) is 0. The number of hydrogen-bond donors (Lipinski definition) is 1. The summed E-state index contributed by atoms with van der Waals surface area (Å²) in [6, 6.07) is 2.87. The van der Waals surface area contributed by atoms with E-state index >= 15 is 0 Å². The standard InChI is InChI=1S/C14H22N2/c1-14(9-3-2-4-10-14)16-13-7-5-12(11-15)6-8-13/h5,13,16H,2-4,6-10H2,1H3. The van der Waals surface area contributed by atoms with Crippen molar-refractivity contribution in [3.05, 3.63) is 11.6 Å². The van der Waals surface area contributed by atoms with Crippen LogP contribution in [0.3, 0.4) is 0 Å². The minimum Gasteiger partial charge on any atom is -0.308 e. The molecule has 0 aliphatic heterocycles. The zero-order chi connectivity index (χ0) is 11.4. The van der Waals surface area contributed by atoms with E-state index < -0.39 is 0 Å². The second kappa shape index (κ2) is 5.01. The van der Waals surface area contributed by atoms with Crippen LogP contribution < -0.4 is 5.32 Å². The van der Waals surface area contributed by atoms with Gasteiger partial charge >= 0.3 is 0 Å². The number of allylic oxidation sites excluding steroid dienone is 1. The van der Waals surface area contributed by atoms with Crippen molar-refractivity contribution in [3.8, 4) is 6.07 Å². The van der Waals surface area contributed by atoms with Gasteiger partial charge in [-0.3, -0.25) is 0 Å². The maximum absolute atomic E-state index is 8.81. The van der Waals surface area contributed by atoms with Gasteiger partial charge in [0.2, 0.25) is 0 Å². The van der Waals surface area contributed by atoms with Gasteiger partial charge in [-0.05, 0) is 39.0 Å². The van der Waals surface area contributed by atoms with E-state index in [4.69, 9.17) is 5.26 Å². The number of hydrogen-bond acceptors (Lipinski definition) is 2. The van der Waals surface area contributed by atoms with Crippen LogP contribution in [-0.2, 0) is 0 Å². The summed E-state index contributed by atoms with van der Waals surface area (Å²) >= 11 is 0. The van der Waals surface area contributed by atoms with Crippen molar-refractivity contribution in [2.24, 2.45) is 0 Å². The topological polar surface area (TPSA) is 35.8 Å². The molecule has 0 heterocycles. The zero-order valence-electron chi connectivity index (χ0n) is 10.3. The van der Waals surface area contributed by atoms with E-state index in [1.807, 2.05) is 0 Å². The summed E-state index contributed by atoms with van der Waals surface area (Å²) < 4.78 is 0. The highest BCUT2D eigenvalue weighted by molar-refractivity contribution is 5.23. The van der Waals surface area contributed by atoms with Crippen LogP contribution in [0.15, 0.2) is 11.6 Å². The molecule has 1 atom stereocenters. The zero-order valence-corrected chi connectivity index (χ0v) is 10.3. The summed E-state index contributed by atoms with van der Waals surface area (Å²) in [6.07, 6.45) is 12.0. The molecule has 0 amide bonds. The average molecular weight is 218 g/mol. The molecule has 0 aromatic heterocycles. The molecule has 1 fully saturated rings. The number of nitrogens with one attached hydrogen (secondary N) is 1. The van der Waals surface area contributed by atoms with Crippen LogP contribution in [0.4, 0.5) is 0 Å². The van der Waals surface area contributed by atoms with Crippen LogP contribution in [0, 0.1) is 11.3 Å². The Morgan fingerprint density at radius 1 is 1.38 bits per heavy atom. The Morgan fingerprint density at radius 3 is 2.69 bits per heavy atom. The fraction of sp³-hybridized carbons (Fsp3) is 0.786. The lowest BCUT2D eigenvalue weighted by Gasteiger charge is -2.39. The highest BCUT2D eigenvalue weighted by Crippen LogP contribution is 2.30. The van der Waals surface area contributed by atoms with Gasteiger partial charge in [0.1, 0.15) is 0 Å². The Hall–Kier alpha value is -0.810. The SMILES string of the molecule is CC1(NC2CC=C(C#N)CC2)CCCCC1. The van der Waals surface area contributed by atoms with Crippen LogP contribution in [0.1, 0.15) is 58.3 Å². The van der Waals surface area contributed by atoms with E-state index in [0.29, 0.717) is 11.6 Å². The Balaban J connectivity index is 1.86. The third-order valence-corrected chi connectivity index (χ3v) is 4.06. The molecule has 0 aromatic carbocycles. The molecule has 1 N–H and O–H groups in total. The van der Waals surface area contributed by atoms with Gasteiger partial charge in [-0.25, -0.2) is 0 Å². The third kappa shape index (κ3) is 2.86. The largest absolute Gasteiger partial charge is 0.308 e. The summed E-state index contributed by atoms with van der Waals surface area (Å²) in [6.45, 7) is 2.37. The Labute approximate surface area is 98.7 Å². The van der Waals surface area contributed by atoms with Gasteiger partial charge in [0.05, 0.1) is 6.07 Å². The van der Waals surface area contributed by atoms with Gasteiger partial charge in [0.15, 0.2) is 0 Å². The Kier molecular flexibility index (Phi) is 3.66. The van der Waals surface area contributed by atoms with Crippen molar-refractivity contribution < 1.29 is 0 Å². The van der Waals surface area contributed by atoms with Crippen LogP contribution in [0.25, 0.3) is 0 Å². The average Bonchev–Trinajstić information content (AvgIpc) is 2.30. The highest BCUT2D eigenvalue weighted by atomic mass is 15.0. The van der Waals surface area contributed by atoms with Crippen LogP contribution in [0.5, 0.6) is 0 Å². The normalized spacial score (nSPS) is 29.2. The van der Waals surface area contributed by atoms with Gasteiger partial charge in [0.25, 0.3) is 0 Å². The Morgan fingerprint density at radius 2 is 2.12 bits per heavy atom. The summed E-state index contributed by atoms with van der Waals surface area (Å²) in [4.78, 5) is 0. The quantitative estimate of drug-likeness (QED) is 0.772. The first-order valence-corrected chi connectivity index (χ1v) is 6.59. The van der Waals surface area contributed by atoms with E-state index in [9.17, 15) is 0 Å². The second-order valence-electron chi connectivity index (χ2n) is 5.58. The molecule has 0 aromatic rings. The fourth-order valence-electron chi connectivity index (χ4n) is 3.04. The molecule has 2 heteroatoms. The molecule has 1 unspecified atom stereocenters. The van der Waals surface area contributed by atoms with Gasteiger partial charge < -0.3 is 5.32 Å². The van der Waals surface area contributed by atoms with Gasteiger partial charge in [0, 0.05) is 17.2 Å². The molecule has 0 bridgehead atoms. The van der Waals surface area contributed by atoms with E-state index in [1.165, 1.54) is 32.1 Å². The van der Waals surface area contributed by atoms with Crippen LogP contribution in [-0.4, -0.2) is 11.6 Å². The molecule has 2 aliphatic rings. The van der Waals surface area contributed by atoms with Crippen molar-refractivity contribution in [1.29, 1.82) is 5.26 Å². The molecular weight excluding hydrogens is 196 g/mol. The molecule has 2 aliphatic carbocycles. The van der Waals surface area contributed by atoms with E-state index in [0.717, 1.165) is 24.8 Å². The van der Waals surface area contributed by atoms with Crippen molar-refractivity contribution in [3.63, 3.8) is 0 Å². The number of rotatable bonds is 2. The van der Waals surface area contributed by atoms with Gasteiger partial charge in [-0.1, -0.05) is 25.3 Å². The molecule has 1 saturated carbocycles. The summed E-state index contributed by atoms with van der Waals surface area (Å²) in [5.74, 6) is 0. The molecule has 0 spiro atoms. The first kappa shape index (κ1) is 11.7. The molecule has 2 nitrogen and oxygen atoms in total. The molecular formula is C14H22N2. The van der Waals surface area contributed by atoms with Crippen LogP contribution in [0.2, 0.25) is 0 Å². The van der Waals surface area contributed by atoms with Crippen molar-refractivity contribution in [2.45, 2.75) is 69.9 Å². The van der Waals surface area contributed by atoms with Crippen molar-refractivity contribution in [1.82, 2.24) is 5.32 Å². The second-order valence-corrected chi connectivity index (χ2v) is 5.58. The van der Waals surface area contributed by atoms with Crippen molar-refractivity contribution >= 4 is 0 Å². The molecule has 16 heavy (non-hydrogen) atoms. The predicted octanol–water partition coefficient (Wildman–Crippen LogP) is 3.30. The van der Waals surface area contributed by atoms with E-state index in [2.05, 4.69) is 24.4 Å². The summed E-state index contributed by atoms with van der Waals surface area (Å²) in [5, 5.41) is 12.6. The maximum Gasteiger partial charge on any atom is 0.0943 e. The number of nitrogens with zero attached hydrogens (tertiary/aromatic N) is 1. The predicted molar refractivity (Wildman–Crippen MR) is 66.0 cm³/mol. The molecule has 2 rings (SSSR count). The number of nitriles is 1. The maximum atomic E-state index is 8.81. The minimum absolute atomic E-state index is 0.362. The Bertz CT molecular complexity index is 305. The van der Waals surface area contributed by atoms with Crippen molar-refractivity contribution in [2.75, 3.05) is 0 Å². The smallest absolute Gasteiger partial charge is 0.0943 e. The fourth-order valence-corrected chi connectivity index (χ4v) is 3.04. The first-order valence-electron chi connectivity index (χ1n) is 6.59. The van der Waals surface area contributed by atoms with Gasteiger partial charge in [-0.15, -0.1) is 0 Å². The lowest BCUT2D eigenvalue weighted by molar-refractivity contribution is 0.221. The molecule has 88 valence electrons. The van der Waals surface area contributed by atoms with E-state index in [1.54, 1.807) is 0 Å². The lowest BCUT2D eigenvalue weighted by Crippen LogP contribution is -2.49. The molecule has 0 saturated heterocycles. The van der Waals surface area contributed by atoms with E-state index in [-0.39, 0.29) is 0 Å². The minimum atomic E-state index is 0.362. The lowest BCUT2D eigenvalue weighted by atomic mass is 9.81. The van der Waals surface area contributed by atoms with Gasteiger partial charge in [-0.2, -0.15) is 5.26 Å². The summed E-state index contributed by atoms with van der Waals surface area (Å²) in [5.41, 5.74) is 1.34. The molecule has 0 radical (unpaired) electrons. The van der Waals surface area contributed by atoms with Crippen LogP contribution >= 0.6 is 0 Å². The highest BCUT2D eigenvalue weighted by Gasteiger charge is 2.29. The third-order valence-electron chi connectivity index (χ3n) is 4.06. The first-order chi connectivity index (χ1) is 7.72. The monoisotopic (exact) mass is 218 g/mol.